The maximum Gasteiger partial charge on any atom is 0.331 e. The van der Waals surface area contributed by atoms with Crippen molar-refractivity contribution in [2.45, 2.75) is 19.4 Å². The fourth-order valence-corrected chi connectivity index (χ4v) is 2.96. The van der Waals surface area contributed by atoms with Gasteiger partial charge in [0.05, 0.1) is 6.61 Å². The highest BCUT2D eigenvalue weighted by molar-refractivity contribution is 7.13. The summed E-state index contributed by atoms with van der Waals surface area (Å²) >= 11 is 1.34. The number of methoxy groups -OCH3 is 1. The summed E-state index contributed by atoms with van der Waals surface area (Å²) in [6.07, 6.45) is 0. The van der Waals surface area contributed by atoms with Gasteiger partial charge in [0.2, 0.25) is 0 Å². The number of carboxylic acid groups (broad SMARTS) is 1. The van der Waals surface area contributed by atoms with Crippen molar-refractivity contribution in [2.75, 3.05) is 13.7 Å². The van der Waals surface area contributed by atoms with Crippen molar-refractivity contribution in [1.29, 1.82) is 0 Å². The van der Waals surface area contributed by atoms with Crippen molar-refractivity contribution in [1.82, 2.24) is 10.3 Å². The van der Waals surface area contributed by atoms with Crippen molar-refractivity contribution in [2.24, 2.45) is 0 Å². The zero-order valence-electron chi connectivity index (χ0n) is 13.1. The number of thiazole rings is 1. The third-order valence-corrected chi connectivity index (χ3v) is 4.28. The molecule has 1 unspecified atom stereocenters. The highest BCUT2D eigenvalue weighted by Gasteiger charge is 2.35. The zero-order valence-corrected chi connectivity index (χ0v) is 13.9. The summed E-state index contributed by atoms with van der Waals surface area (Å²) in [7, 11) is 1.38. The number of aryl methyl sites for hydroxylation is 1. The number of hydrogen-bond donors (Lipinski definition) is 2. The minimum atomic E-state index is -1.50. The van der Waals surface area contributed by atoms with Crippen LogP contribution in [0, 0.1) is 6.92 Å². The van der Waals surface area contributed by atoms with Crippen molar-refractivity contribution in [3.05, 3.63) is 40.9 Å². The van der Waals surface area contributed by atoms with Crippen LogP contribution in [0.5, 0.6) is 0 Å². The Hall–Kier alpha value is -2.25. The molecule has 0 saturated heterocycles. The molecule has 6 nitrogen and oxygen atoms in total. The average molecular weight is 334 g/mol. The number of amides is 1. The summed E-state index contributed by atoms with van der Waals surface area (Å²) in [5.41, 5.74) is 0.702. The van der Waals surface area contributed by atoms with Crippen LogP contribution in [0.15, 0.2) is 29.6 Å². The lowest BCUT2D eigenvalue weighted by molar-refractivity contribution is -0.145. The number of rotatable bonds is 6. The van der Waals surface area contributed by atoms with Crippen molar-refractivity contribution >= 4 is 23.2 Å². The van der Waals surface area contributed by atoms with E-state index in [4.69, 9.17) is 4.74 Å². The van der Waals surface area contributed by atoms with Gasteiger partial charge in [-0.05, 0) is 19.4 Å². The van der Waals surface area contributed by atoms with Crippen LogP contribution < -0.4 is 5.32 Å². The monoisotopic (exact) mass is 334 g/mol. The van der Waals surface area contributed by atoms with E-state index in [2.05, 4.69) is 10.3 Å². The van der Waals surface area contributed by atoms with Crippen LogP contribution in [0.25, 0.3) is 10.6 Å². The number of carbonyl (C=O) groups is 2. The van der Waals surface area contributed by atoms with Gasteiger partial charge in [-0.2, -0.15) is 0 Å². The molecule has 0 spiro atoms. The van der Waals surface area contributed by atoms with Gasteiger partial charge in [0.1, 0.15) is 10.7 Å². The van der Waals surface area contributed by atoms with Gasteiger partial charge >= 0.3 is 5.97 Å². The van der Waals surface area contributed by atoms with E-state index in [1.165, 1.54) is 25.4 Å². The van der Waals surface area contributed by atoms with E-state index in [1.54, 1.807) is 5.38 Å². The Balaban J connectivity index is 2.22. The molecular weight excluding hydrogens is 316 g/mol. The first kappa shape index (κ1) is 17.1. The predicted octanol–water partition coefficient (Wildman–Crippen LogP) is 2.34. The number of hydrogen-bond acceptors (Lipinski definition) is 5. The summed E-state index contributed by atoms with van der Waals surface area (Å²) in [5, 5.41) is 14.1. The molecule has 2 aromatic rings. The van der Waals surface area contributed by atoms with Gasteiger partial charge in [0, 0.05) is 18.1 Å². The Morgan fingerprint density at radius 1 is 1.39 bits per heavy atom. The second kappa shape index (κ2) is 6.89. The molecule has 0 fully saturated rings. The van der Waals surface area contributed by atoms with Gasteiger partial charge in [-0.25, -0.2) is 9.78 Å². The van der Waals surface area contributed by atoms with Crippen LogP contribution in [0.1, 0.15) is 23.0 Å². The third-order valence-electron chi connectivity index (χ3n) is 3.41. The maximum atomic E-state index is 12.3. The van der Waals surface area contributed by atoms with Crippen LogP contribution in [-0.2, 0) is 9.53 Å². The Labute approximate surface area is 138 Å². The molecule has 7 heteroatoms. The second-order valence-corrected chi connectivity index (χ2v) is 6.24. The smallest absolute Gasteiger partial charge is 0.331 e. The van der Waals surface area contributed by atoms with Gasteiger partial charge in [0.25, 0.3) is 5.91 Å². The zero-order chi connectivity index (χ0) is 17.0. The molecule has 2 rings (SSSR count). The van der Waals surface area contributed by atoms with Gasteiger partial charge in [0.15, 0.2) is 5.54 Å². The highest BCUT2D eigenvalue weighted by Crippen LogP contribution is 2.26. The molecule has 0 aliphatic rings. The third kappa shape index (κ3) is 3.75. The number of benzene rings is 1. The van der Waals surface area contributed by atoms with Crippen molar-refractivity contribution in [3.8, 4) is 10.6 Å². The number of aromatic nitrogens is 1. The van der Waals surface area contributed by atoms with Crippen molar-refractivity contribution in [3.63, 3.8) is 0 Å². The van der Waals surface area contributed by atoms with E-state index in [0.717, 1.165) is 16.1 Å². The Morgan fingerprint density at radius 2 is 2.09 bits per heavy atom. The largest absolute Gasteiger partial charge is 0.479 e. The van der Waals surface area contributed by atoms with E-state index in [1.807, 2.05) is 31.2 Å². The standard InChI is InChI=1S/C16H18N2O4S/c1-10-6-4-5-7-11(10)14-17-12(8-23-14)13(19)18-16(2,9-22-3)15(20)21/h4-8H,9H2,1-3H3,(H,18,19)(H,20,21). The Morgan fingerprint density at radius 3 is 2.70 bits per heavy atom. The van der Waals surface area contributed by atoms with E-state index < -0.39 is 17.4 Å². The number of carbonyl (C=O) groups excluding carboxylic acids is 1. The van der Waals surface area contributed by atoms with E-state index in [-0.39, 0.29) is 12.3 Å². The first-order chi connectivity index (χ1) is 10.9. The first-order valence-electron chi connectivity index (χ1n) is 6.94. The minimum absolute atomic E-state index is 0.136. The topological polar surface area (TPSA) is 88.5 Å². The molecule has 2 N–H and O–H groups in total. The van der Waals surface area contributed by atoms with Crippen molar-refractivity contribution < 1.29 is 19.4 Å². The average Bonchev–Trinajstić information content (AvgIpc) is 2.97. The van der Waals surface area contributed by atoms with Gasteiger partial charge in [-0.15, -0.1) is 11.3 Å². The van der Waals surface area contributed by atoms with Gasteiger partial charge < -0.3 is 15.2 Å². The molecule has 0 aliphatic heterocycles. The second-order valence-electron chi connectivity index (χ2n) is 5.38. The molecule has 1 aromatic heterocycles. The molecule has 23 heavy (non-hydrogen) atoms. The quantitative estimate of drug-likeness (QED) is 0.846. The van der Waals surface area contributed by atoms with Gasteiger partial charge in [-0.1, -0.05) is 24.3 Å². The predicted molar refractivity (Wildman–Crippen MR) is 87.7 cm³/mol. The number of ether oxygens (including phenoxy) is 1. The van der Waals surface area contributed by atoms with Crippen LogP contribution in [0.3, 0.4) is 0 Å². The Kier molecular flexibility index (Phi) is 5.12. The lowest BCUT2D eigenvalue weighted by atomic mass is 10.0. The number of nitrogens with zero attached hydrogens (tertiary/aromatic N) is 1. The molecule has 0 radical (unpaired) electrons. The van der Waals surface area contributed by atoms with E-state index in [0.29, 0.717) is 0 Å². The van der Waals surface area contributed by atoms with E-state index in [9.17, 15) is 14.7 Å². The fraction of sp³-hybridized carbons (Fsp3) is 0.312. The number of aliphatic carboxylic acids is 1. The first-order valence-corrected chi connectivity index (χ1v) is 7.82. The summed E-state index contributed by atoms with van der Waals surface area (Å²) < 4.78 is 4.88. The molecule has 1 aromatic carbocycles. The summed E-state index contributed by atoms with van der Waals surface area (Å²) in [6.45, 7) is 3.23. The van der Waals surface area contributed by atoms with Gasteiger partial charge in [-0.3, -0.25) is 4.79 Å². The normalized spacial score (nSPS) is 13.3. The highest BCUT2D eigenvalue weighted by atomic mass is 32.1. The summed E-state index contributed by atoms with van der Waals surface area (Å²) in [4.78, 5) is 27.9. The molecule has 1 atom stereocenters. The fourth-order valence-electron chi connectivity index (χ4n) is 2.07. The summed E-state index contributed by atoms with van der Waals surface area (Å²) in [6, 6.07) is 7.74. The van der Waals surface area contributed by atoms with Crippen LogP contribution >= 0.6 is 11.3 Å². The summed E-state index contributed by atoms with van der Waals surface area (Å²) in [5.74, 6) is -1.70. The van der Waals surface area contributed by atoms with Crippen LogP contribution in [0.2, 0.25) is 0 Å². The van der Waals surface area contributed by atoms with Crippen LogP contribution in [0.4, 0.5) is 0 Å². The lowest BCUT2D eigenvalue weighted by Crippen LogP contribution is -2.55. The number of nitrogens with one attached hydrogen (secondary N) is 1. The molecular formula is C16H18N2O4S. The minimum Gasteiger partial charge on any atom is -0.479 e. The van der Waals surface area contributed by atoms with Crippen LogP contribution in [-0.4, -0.2) is 41.2 Å². The Bertz CT molecular complexity index is 728. The number of carboxylic acids is 1. The molecule has 0 bridgehead atoms. The molecule has 1 heterocycles. The lowest BCUT2D eigenvalue weighted by Gasteiger charge is -2.24. The molecule has 0 saturated carbocycles. The maximum absolute atomic E-state index is 12.3. The molecule has 122 valence electrons. The SMILES string of the molecule is COCC(C)(NC(=O)c1csc(-c2ccccc2C)n1)C(=O)O. The van der Waals surface area contributed by atoms with E-state index >= 15 is 0 Å². The molecule has 1 amide bonds. The molecule has 0 aliphatic carbocycles.